The molecular weight excluding hydrogens is 324 g/mol. The lowest BCUT2D eigenvalue weighted by Gasteiger charge is -2.29. The molecule has 1 aliphatic rings. The van der Waals surface area contributed by atoms with E-state index in [1.807, 2.05) is 18.3 Å². The maximum absolute atomic E-state index is 6.01. The summed E-state index contributed by atoms with van der Waals surface area (Å²) >= 11 is 0. The van der Waals surface area contributed by atoms with Crippen molar-refractivity contribution in [2.24, 2.45) is 5.92 Å². The SMILES string of the molecule is CC1CCN(CCOc2cccc(-c3cncc4nccnc34)c2)CC1. The Hall–Kier alpha value is -2.53. The molecule has 0 spiro atoms. The zero-order valence-corrected chi connectivity index (χ0v) is 15.1. The highest BCUT2D eigenvalue weighted by Gasteiger charge is 2.15. The first-order valence-electron chi connectivity index (χ1n) is 9.30. The number of hydrogen-bond acceptors (Lipinski definition) is 5. The number of fused-ring (bicyclic) bond motifs is 1. The van der Waals surface area contributed by atoms with E-state index < -0.39 is 0 Å². The Morgan fingerprint density at radius 3 is 2.85 bits per heavy atom. The van der Waals surface area contributed by atoms with Gasteiger partial charge in [-0.05, 0) is 49.5 Å². The maximum Gasteiger partial charge on any atom is 0.119 e. The van der Waals surface area contributed by atoms with Gasteiger partial charge in [-0.1, -0.05) is 19.1 Å². The first-order valence-corrected chi connectivity index (χ1v) is 9.30. The number of pyridine rings is 1. The molecule has 1 fully saturated rings. The molecule has 0 N–H and O–H groups in total. The van der Waals surface area contributed by atoms with Crippen LogP contribution in [0.2, 0.25) is 0 Å². The first kappa shape index (κ1) is 16.9. The summed E-state index contributed by atoms with van der Waals surface area (Å²) in [6.45, 7) is 6.41. The molecule has 0 atom stereocenters. The summed E-state index contributed by atoms with van der Waals surface area (Å²) in [6.07, 6.45) is 9.58. The van der Waals surface area contributed by atoms with Crippen LogP contribution >= 0.6 is 0 Å². The Kier molecular flexibility index (Phi) is 5.07. The second kappa shape index (κ2) is 7.79. The molecule has 0 radical (unpaired) electrons. The van der Waals surface area contributed by atoms with Gasteiger partial charge in [-0.25, -0.2) is 0 Å². The topological polar surface area (TPSA) is 51.1 Å². The van der Waals surface area contributed by atoms with Gasteiger partial charge in [0.2, 0.25) is 0 Å². The van der Waals surface area contributed by atoms with Crippen LogP contribution in [0.5, 0.6) is 5.75 Å². The van der Waals surface area contributed by atoms with Crippen molar-refractivity contribution < 1.29 is 4.74 Å². The van der Waals surface area contributed by atoms with Gasteiger partial charge in [-0.3, -0.25) is 19.9 Å². The van der Waals surface area contributed by atoms with E-state index in [1.54, 1.807) is 18.6 Å². The molecule has 134 valence electrons. The third-order valence-corrected chi connectivity index (χ3v) is 5.08. The summed E-state index contributed by atoms with van der Waals surface area (Å²) in [7, 11) is 0. The molecule has 26 heavy (non-hydrogen) atoms. The van der Waals surface area contributed by atoms with Gasteiger partial charge in [0.05, 0.1) is 11.7 Å². The van der Waals surface area contributed by atoms with Gasteiger partial charge in [-0.15, -0.1) is 0 Å². The van der Waals surface area contributed by atoms with Crippen LogP contribution in [-0.2, 0) is 0 Å². The average Bonchev–Trinajstić information content (AvgIpc) is 2.69. The molecule has 3 heterocycles. The van der Waals surface area contributed by atoms with Gasteiger partial charge in [-0.2, -0.15) is 0 Å². The van der Waals surface area contributed by atoms with Gasteiger partial charge in [0.25, 0.3) is 0 Å². The summed E-state index contributed by atoms with van der Waals surface area (Å²) in [4.78, 5) is 15.6. The molecule has 1 saturated heterocycles. The zero-order valence-electron chi connectivity index (χ0n) is 15.1. The monoisotopic (exact) mass is 348 g/mol. The average molecular weight is 348 g/mol. The van der Waals surface area contributed by atoms with Gasteiger partial charge in [0.15, 0.2) is 0 Å². The van der Waals surface area contributed by atoms with Crippen molar-refractivity contribution in [3.05, 3.63) is 49.1 Å². The van der Waals surface area contributed by atoms with Gasteiger partial charge in [0, 0.05) is 30.7 Å². The normalized spacial score (nSPS) is 16.0. The summed E-state index contributed by atoms with van der Waals surface area (Å²) in [6, 6.07) is 8.14. The number of benzene rings is 1. The number of ether oxygens (including phenoxy) is 1. The minimum Gasteiger partial charge on any atom is -0.492 e. The number of likely N-dealkylation sites (tertiary alicyclic amines) is 1. The Balaban J connectivity index is 1.45. The third kappa shape index (κ3) is 3.83. The summed E-state index contributed by atoms with van der Waals surface area (Å²) in [5, 5.41) is 0. The predicted molar refractivity (Wildman–Crippen MR) is 103 cm³/mol. The molecule has 1 aromatic carbocycles. The minimum absolute atomic E-state index is 0.714. The molecule has 2 aromatic heterocycles. The van der Waals surface area contributed by atoms with Crippen molar-refractivity contribution >= 4 is 11.0 Å². The second-order valence-corrected chi connectivity index (χ2v) is 7.01. The minimum atomic E-state index is 0.714. The van der Waals surface area contributed by atoms with Crippen molar-refractivity contribution in [2.75, 3.05) is 26.2 Å². The van der Waals surface area contributed by atoms with Crippen molar-refractivity contribution in [1.29, 1.82) is 0 Å². The highest BCUT2D eigenvalue weighted by molar-refractivity contribution is 5.90. The molecule has 0 bridgehead atoms. The fraction of sp³-hybridized carbons (Fsp3) is 0.381. The van der Waals surface area contributed by atoms with Crippen LogP contribution in [-0.4, -0.2) is 46.1 Å². The lowest BCUT2D eigenvalue weighted by atomic mass is 9.99. The van der Waals surface area contributed by atoms with E-state index in [-0.39, 0.29) is 0 Å². The van der Waals surface area contributed by atoms with E-state index >= 15 is 0 Å². The Morgan fingerprint density at radius 2 is 1.96 bits per heavy atom. The fourth-order valence-corrected chi connectivity index (χ4v) is 3.44. The molecular formula is C21H24N4O. The van der Waals surface area contributed by atoms with Gasteiger partial charge < -0.3 is 4.74 Å². The third-order valence-electron chi connectivity index (χ3n) is 5.08. The molecule has 5 heteroatoms. The Bertz CT molecular complexity index is 869. The van der Waals surface area contributed by atoms with Crippen LogP contribution in [0.1, 0.15) is 19.8 Å². The zero-order chi connectivity index (χ0) is 17.8. The van der Waals surface area contributed by atoms with Crippen LogP contribution in [0.3, 0.4) is 0 Å². The highest BCUT2D eigenvalue weighted by atomic mass is 16.5. The van der Waals surface area contributed by atoms with E-state index in [2.05, 4.69) is 38.9 Å². The van der Waals surface area contributed by atoms with E-state index in [0.29, 0.717) is 6.61 Å². The molecule has 0 amide bonds. The molecule has 4 rings (SSSR count). The molecule has 0 saturated carbocycles. The number of aromatic nitrogens is 3. The number of piperidine rings is 1. The van der Waals surface area contributed by atoms with Crippen LogP contribution in [0.4, 0.5) is 0 Å². The molecule has 3 aromatic rings. The maximum atomic E-state index is 6.01. The molecule has 0 aliphatic carbocycles. The van der Waals surface area contributed by atoms with Crippen LogP contribution in [0.15, 0.2) is 49.1 Å². The lowest BCUT2D eigenvalue weighted by Crippen LogP contribution is -2.35. The first-order chi connectivity index (χ1) is 12.8. The summed E-state index contributed by atoms with van der Waals surface area (Å²) < 4.78 is 6.01. The fourth-order valence-electron chi connectivity index (χ4n) is 3.44. The van der Waals surface area contributed by atoms with Crippen LogP contribution in [0.25, 0.3) is 22.2 Å². The Morgan fingerprint density at radius 1 is 1.12 bits per heavy atom. The van der Waals surface area contributed by atoms with Crippen molar-refractivity contribution in [3.8, 4) is 16.9 Å². The van der Waals surface area contributed by atoms with E-state index in [1.165, 1.54) is 25.9 Å². The molecule has 1 aliphatic heterocycles. The molecule has 0 unspecified atom stereocenters. The number of rotatable bonds is 5. The van der Waals surface area contributed by atoms with Crippen LogP contribution in [0, 0.1) is 5.92 Å². The summed E-state index contributed by atoms with van der Waals surface area (Å²) in [5.41, 5.74) is 3.69. The smallest absolute Gasteiger partial charge is 0.119 e. The Labute approximate surface area is 154 Å². The van der Waals surface area contributed by atoms with E-state index in [0.717, 1.165) is 40.4 Å². The lowest BCUT2D eigenvalue weighted by molar-refractivity contribution is 0.160. The standard InChI is InChI=1S/C21H24N4O/c1-16-5-9-25(10-6-16)11-12-26-18-4-2-3-17(13-18)19-14-22-15-20-21(19)24-8-7-23-20/h2-4,7-8,13-16H,5-6,9-12H2,1H3. The van der Waals surface area contributed by atoms with Crippen LogP contribution < -0.4 is 4.74 Å². The van der Waals surface area contributed by atoms with Crippen molar-refractivity contribution in [1.82, 2.24) is 19.9 Å². The highest BCUT2D eigenvalue weighted by Crippen LogP contribution is 2.28. The second-order valence-electron chi connectivity index (χ2n) is 7.01. The van der Waals surface area contributed by atoms with Crippen molar-refractivity contribution in [2.45, 2.75) is 19.8 Å². The van der Waals surface area contributed by atoms with Gasteiger partial charge in [0.1, 0.15) is 17.9 Å². The number of hydrogen-bond donors (Lipinski definition) is 0. The van der Waals surface area contributed by atoms with Gasteiger partial charge >= 0.3 is 0 Å². The van der Waals surface area contributed by atoms with Crippen molar-refractivity contribution in [3.63, 3.8) is 0 Å². The van der Waals surface area contributed by atoms with E-state index in [4.69, 9.17) is 4.74 Å². The quantitative estimate of drug-likeness (QED) is 0.702. The summed E-state index contributed by atoms with van der Waals surface area (Å²) in [5.74, 6) is 1.75. The van der Waals surface area contributed by atoms with E-state index in [9.17, 15) is 0 Å². The largest absolute Gasteiger partial charge is 0.492 e. The number of nitrogens with zero attached hydrogens (tertiary/aromatic N) is 4. The molecule has 5 nitrogen and oxygen atoms in total. The predicted octanol–water partition coefficient (Wildman–Crippen LogP) is 3.80.